The summed E-state index contributed by atoms with van der Waals surface area (Å²) in [5, 5.41) is 9.49. The van der Waals surface area contributed by atoms with Crippen LogP contribution in [0.3, 0.4) is 0 Å². The summed E-state index contributed by atoms with van der Waals surface area (Å²) in [6, 6.07) is 0. The largest absolute Gasteiger partial charge is 0.461 e. The predicted octanol–water partition coefficient (Wildman–Crippen LogP) is 1.33. The Hall–Kier alpha value is -1.16. The van der Waals surface area contributed by atoms with E-state index in [1.165, 1.54) is 0 Å². The highest BCUT2D eigenvalue weighted by atomic mass is 16.6. The van der Waals surface area contributed by atoms with E-state index in [9.17, 15) is 14.7 Å². The number of aliphatic hydroxyl groups excluding tert-OH is 1. The lowest BCUT2D eigenvalue weighted by Crippen LogP contribution is -2.34. The topological polar surface area (TPSA) is 63.6 Å². The second kappa shape index (κ2) is 4.44. The minimum atomic E-state index is -0.220. The van der Waals surface area contributed by atoms with Gasteiger partial charge in [0, 0.05) is 17.8 Å². The molecule has 1 saturated heterocycles. The molecule has 0 aromatic carbocycles. The van der Waals surface area contributed by atoms with Gasteiger partial charge in [-0.3, -0.25) is 9.59 Å². The van der Waals surface area contributed by atoms with Gasteiger partial charge in [0.15, 0.2) is 5.78 Å². The normalized spacial score (nSPS) is 45.3. The quantitative estimate of drug-likeness (QED) is 0.726. The van der Waals surface area contributed by atoms with E-state index >= 15 is 0 Å². The smallest absolute Gasteiger partial charge is 0.309 e. The van der Waals surface area contributed by atoms with Crippen molar-refractivity contribution in [3.05, 3.63) is 11.6 Å². The number of ether oxygens (including phenoxy) is 1. The van der Waals surface area contributed by atoms with Gasteiger partial charge in [0.25, 0.3) is 0 Å². The molecule has 0 radical (unpaired) electrons. The number of hydrogen-bond acceptors (Lipinski definition) is 4. The van der Waals surface area contributed by atoms with E-state index < -0.39 is 0 Å². The Morgan fingerprint density at radius 2 is 2.00 bits per heavy atom. The van der Waals surface area contributed by atoms with Crippen molar-refractivity contribution in [3.63, 3.8) is 0 Å². The molecule has 104 valence electrons. The van der Waals surface area contributed by atoms with Crippen molar-refractivity contribution in [2.45, 2.75) is 32.8 Å². The zero-order chi connectivity index (χ0) is 13.7. The molecule has 0 spiro atoms. The summed E-state index contributed by atoms with van der Waals surface area (Å²) >= 11 is 0. The van der Waals surface area contributed by atoms with E-state index in [1.807, 2.05) is 6.92 Å². The highest BCUT2D eigenvalue weighted by Crippen LogP contribution is 2.49. The van der Waals surface area contributed by atoms with Crippen molar-refractivity contribution >= 4 is 11.8 Å². The Morgan fingerprint density at radius 1 is 1.26 bits per heavy atom. The van der Waals surface area contributed by atoms with E-state index in [-0.39, 0.29) is 54.1 Å². The third-order valence-corrected chi connectivity index (χ3v) is 5.26. The molecule has 3 rings (SSSR count). The van der Waals surface area contributed by atoms with E-state index in [0.717, 1.165) is 18.4 Å². The number of ketones is 1. The summed E-state index contributed by atoms with van der Waals surface area (Å²) in [5.74, 6) is 0.105. The third kappa shape index (κ3) is 1.76. The maximum absolute atomic E-state index is 12.2. The van der Waals surface area contributed by atoms with Gasteiger partial charge in [-0.1, -0.05) is 13.8 Å². The van der Waals surface area contributed by atoms with Gasteiger partial charge in [-0.15, -0.1) is 0 Å². The van der Waals surface area contributed by atoms with Crippen LogP contribution in [0, 0.1) is 29.6 Å². The molecular weight excluding hydrogens is 244 g/mol. The average Bonchev–Trinajstić information content (AvgIpc) is 2.80. The van der Waals surface area contributed by atoms with Gasteiger partial charge in [0.2, 0.25) is 0 Å². The fourth-order valence-electron chi connectivity index (χ4n) is 4.16. The fraction of sp³-hybridized carbons (Fsp3) is 0.733. The second-order valence-electron chi connectivity index (χ2n) is 6.24. The number of aliphatic hydroxyl groups is 1. The summed E-state index contributed by atoms with van der Waals surface area (Å²) in [4.78, 5) is 24.0. The van der Waals surface area contributed by atoms with Crippen LogP contribution in [-0.2, 0) is 14.3 Å². The van der Waals surface area contributed by atoms with Crippen molar-refractivity contribution in [2.75, 3.05) is 6.61 Å². The molecule has 1 heterocycles. The molecule has 6 atom stereocenters. The van der Waals surface area contributed by atoms with Crippen LogP contribution in [0.15, 0.2) is 11.6 Å². The number of hydrogen-bond donors (Lipinski definition) is 1. The first-order valence-corrected chi connectivity index (χ1v) is 7.10. The van der Waals surface area contributed by atoms with Crippen molar-refractivity contribution < 1.29 is 19.4 Å². The van der Waals surface area contributed by atoms with Gasteiger partial charge in [0.05, 0.1) is 12.5 Å². The summed E-state index contributed by atoms with van der Waals surface area (Å²) in [6.07, 6.45) is 3.23. The van der Waals surface area contributed by atoms with Crippen LogP contribution < -0.4 is 0 Å². The van der Waals surface area contributed by atoms with E-state index in [2.05, 4.69) is 6.92 Å². The molecule has 2 fully saturated rings. The first-order valence-electron chi connectivity index (χ1n) is 7.10. The molecule has 0 bridgehead atoms. The summed E-state index contributed by atoms with van der Waals surface area (Å²) in [7, 11) is 0. The van der Waals surface area contributed by atoms with E-state index in [1.54, 1.807) is 6.08 Å². The highest BCUT2D eigenvalue weighted by Gasteiger charge is 2.54. The maximum atomic E-state index is 12.2. The number of carbonyl (C=O) groups excluding carboxylic acids is 2. The van der Waals surface area contributed by atoms with Crippen LogP contribution in [0.4, 0.5) is 0 Å². The van der Waals surface area contributed by atoms with Crippen LogP contribution in [0.25, 0.3) is 0 Å². The molecule has 0 unspecified atom stereocenters. The van der Waals surface area contributed by atoms with E-state index in [0.29, 0.717) is 0 Å². The van der Waals surface area contributed by atoms with Gasteiger partial charge >= 0.3 is 5.97 Å². The zero-order valence-corrected chi connectivity index (χ0v) is 11.3. The first-order chi connectivity index (χ1) is 9.04. The lowest BCUT2D eigenvalue weighted by atomic mass is 9.77. The van der Waals surface area contributed by atoms with Crippen LogP contribution in [0.5, 0.6) is 0 Å². The molecule has 1 N–H and O–H groups in total. The molecule has 4 heteroatoms. The number of allylic oxidation sites excluding steroid dienone is 1. The van der Waals surface area contributed by atoms with Crippen molar-refractivity contribution in [2.24, 2.45) is 29.6 Å². The molecule has 4 nitrogen and oxygen atoms in total. The third-order valence-electron chi connectivity index (χ3n) is 5.26. The first kappa shape index (κ1) is 12.9. The fourth-order valence-corrected chi connectivity index (χ4v) is 4.16. The lowest BCUT2D eigenvalue weighted by Gasteiger charge is -2.28. The SMILES string of the molecule is C[C@@H]1C(=O)O[C@H]2[C@H]1CC[C@H](C)[C@@H]1C(=O)C=C(CO)[C@H]21. The molecule has 19 heavy (non-hydrogen) atoms. The van der Waals surface area contributed by atoms with Gasteiger partial charge in [-0.2, -0.15) is 0 Å². The summed E-state index contributed by atoms with van der Waals surface area (Å²) < 4.78 is 5.56. The number of carbonyl (C=O) groups is 2. The Labute approximate surface area is 112 Å². The number of rotatable bonds is 1. The lowest BCUT2D eigenvalue weighted by molar-refractivity contribution is -0.146. The molecule has 0 aromatic rings. The second-order valence-corrected chi connectivity index (χ2v) is 6.24. The Bertz CT molecular complexity index is 453. The van der Waals surface area contributed by atoms with Crippen molar-refractivity contribution in [1.29, 1.82) is 0 Å². The summed E-state index contributed by atoms with van der Waals surface area (Å²) in [6.45, 7) is 3.89. The number of esters is 1. The van der Waals surface area contributed by atoms with Crippen LogP contribution >= 0.6 is 0 Å². The van der Waals surface area contributed by atoms with Gasteiger partial charge in [-0.25, -0.2) is 0 Å². The molecule has 3 aliphatic rings. The molecule has 0 amide bonds. The minimum absolute atomic E-state index is 0.0911. The van der Waals surface area contributed by atoms with E-state index in [4.69, 9.17) is 4.74 Å². The molecular formula is C15H20O4. The monoisotopic (exact) mass is 264 g/mol. The summed E-state index contributed by atoms with van der Waals surface area (Å²) in [5.41, 5.74) is 0.751. The number of fused-ring (bicyclic) bond motifs is 3. The minimum Gasteiger partial charge on any atom is -0.461 e. The van der Waals surface area contributed by atoms with Crippen LogP contribution in [0.2, 0.25) is 0 Å². The maximum Gasteiger partial charge on any atom is 0.309 e. The van der Waals surface area contributed by atoms with Gasteiger partial charge in [-0.05, 0) is 30.4 Å². The Kier molecular flexibility index (Phi) is 3.01. The molecule has 0 aromatic heterocycles. The van der Waals surface area contributed by atoms with Gasteiger partial charge in [0.1, 0.15) is 6.10 Å². The zero-order valence-electron chi connectivity index (χ0n) is 11.3. The van der Waals surface area contributed by atoms with Crippen molar-refractivity contribution in [3.8, 4) is 0 Å². The Morgan fingerprint density at radius 3 is 2.68 bits per heavy atom. The standard InChI is InChI=1S/C15H20O4/c1-7-3-4-10-8(2)15(18)19-14(10)13-9(6-16)5-11(17)12(7)13/h5,7-8,10,12-14,16H,3-4,6H2,1-2H3/t7-,8-,10-,12+,13-,14-/m0/s1. The molecule has 1 saturated carbocycles. The van der Waals surface area contributed by atoms with Gasteiger partial charge < -0.3 is 9.84 Å². The predicted molar refractivity (Wildman–Crippen MR) is 68.1 cm³/mol. The molecule has 2 aliphatic carbocycles. The molecule has 1 aliphatic heterocycles. The average molecular weight is 264 g/mol. The Balaban J connectivity index is 2.00. The van der Waals surface area contributed by atoms with Crippen molar-refractivity contribution in [1.82, 2.24) is 0 Å². The van der Waals surface area contributed by atoms with Crippen LogP contribution in [-0.4, -0.2) is 29.6 Å². The van der Waals surface area contributed by atoms with Crippen LogP contribution in [0.1, 0.15) is 26.7 Å². The highest BCUT2D eigenvalue weighted by molar-refractivity contribution is 5.96.